The van der Waals surface area contributed by atoms with Gasteiger partial charge in [-0.3, -0.25) is 4.79 Å². The summed E-state index contributed by atoms with van der Waals surface area (Å²) in [7, 11) is 0. The van der Waals surface area contributed by atoms with E-state index in [-0.39, 0.29) is 23.5 Å². The zero-order valence-corrected chi connectivity index (χ0v) is 8.40. The normalized spacial score (nSPS) is 10.4. The van der Waals surface area contributed by atoms with Crippen LogP contribution in [0.4, 0.5) is 4.39 Å². The Labute approximate surface area is 91.0 Å². The second-order valence-corrected chi connectivity index (χ2v) is 3.27. The van der Waals surface area contributed by atoms with E-state index in [1.807, 2.05) is 0 Å². The van der Waals surface area contributed by atoms with E-state index in [1.165, 1.54) is 12.3 Å². The zero-order valence-electron chi connectivity index (χ0n) is 8.40. The Morgan fingerprint density at radius 2 is 2.12 bits per heavy atom. The van der Waals surface area contributed by atoms with Crippen LogP contribution in [0.1, 0.15) is 5.56 Å². The average Bonchev–Trinajstić information content (AvgIpc) is 2.29. The van der Waals surface area contributed by atoms with Gasteiger partial charge in [0.1, 0.15) is 11.6 Å². The van der Waals surface area contributed by atoms with Crippen molar-refractivity contribution in [3.05, 3.63) is 52.2 Å². The lowest BCUT2D eigenvalue weighted by atomic mass is 10.2. The molecule has 1 heterocycles. The molecule has 0 aliphatic carbocycles. The summed E-state index contributed by atoms with van der Waals surface area (Å²) in [5.41, 5.74) is 5.64. The molecule has 2 rings (SSSR count). The number of hydrogen-bond donors (Lipinski definition) is 2. The minimum atomic E-state index is -0.425. The molecule has 2 aromatic rings. The van der Waals surface area contributed by atoms with Crippen molar-refractivity contribution < 1.29 is 4.39 Å². The maximum atomic E-state index is 13.4. The molecule has 1 aromatic heterocycles. The van der Waals surface area contributed by atoms with Crippen LogP contribution in [-0.4, -0.2) is 9.97 Å². The quantitative estimate of drug-likeness (QED) is 0.792. The first kappa shape index (κ1) is 10.5. The third kappa shape index (κ3) is 1.85. The van der Waals surface area contributed by atoms with Crippen molar-refractivity contribution >= 4 is 0 Å². The van der Waals surface area contributed by atoms with E-state index >= 15 is 0 Å². The molecule has 82 valence electrons. The van der Waals surface area contributed by atoms with E-state index in [1.54, 1.807) is 18.2 Å². The number of nitrogens with one attached hydrogen (secondary N) is 1. The Morgan fingerprint density at radius 1 is 1.38 bits per heavy atom. The van der Waals surface area contributed by atoms with E-state index in [0.29, 0.717) is 5.56 Å². The molecule has 0 amide bonds. The summed E-state index contributed by atoms with van der Waals surface area (Å²) >= 11 is 0. The van der Waals surface area contributed by atoms with Gasteiger partial charge >= 0.3 is 0 Å². The number of H-pyrrole nitrogens is 1. The highest BCUT2D eigenvalue weighted by Crippen LogP contribution is 2.16. The van der Waals surface area contributed by atoms with E-state index in [9.17, 15) is 9.18 Å². The number of rotatable bonds is 2. The molecule has 0 radical (unpaired) electrons. The van der Waals surface area contributed by atoms with Crippen LogP contribution >= 0.6 is 0 Å². The van der Waals surface area contributed by atoms with E-state index < -0.39 is 5.82 Å². The lowest BCUT2D eigenvalue weighted by Gasteiger charge is -2.02. The van der Waals surface area contributed by atoms with Crippen molar-refractivity contribution in [1.82, 2.24) is 9.97 Å². The molecule has 0 unspecified atom stereocenters. The average molecular weight is 219 g/mol. The number of halogens is 1. The zero-order chi connectivity index (χ0) is 11.5. The summed E-state index contributed by atoms with van der Waals surface area (Å²) < 4.78 is 13.4. The highest BCUT2D eigenvalue weighted by molar-refractivity contribution is 5.55. The van der Waals surface area contributed by atoms with Crippen LogP contribution in [0.2, 0.25) is 0 Å². The van der Waals surface area contributed by atoms with Gasteiger partial charge in [0.2, 0.25) is 0 Å². The van der Waals surface area contributed by atoms with Crippen LogP contribution in [0.15, 0.2) is 35.3 Å². The summed E-state index contributed by atoms with van der Waals surface area (Å²) in [6, 6.07) is 6.11. The number of nitrogens with two attached hydrogens (primary N) is 1. The lowest BCUT2D eigenvalue weighted by molar-refractivity contribution is 0.630. The largest absolute Gasteiger partial charge is 0.326 e. The van der Waals surface area contributed by atoms with Gasteiger partial charge in [-0.15, -0.1) is 0 Å². The van der Waals surface area contributed by atoms with E-state index in [0.717, 1.165) is 0 Å². The summed E-state index contributed by atoms with van der Waals surface area (Å²) in [6.07, 6.45) is 1.36. The third-order valence-electron chi connectivity index (χ3n) is 2.22. The molecule has 0 saturated carbocycles. The molecule has 16 heavy (non-hydrogen) atoms. The van der Waals surface area contributed by atoms with Crippen LogP contribution in [0, 0.1) is 5.82 Å². The third-order valence-corrected chi connectivity index (χ3v) is 2.22. The predicted molar refractivity (Wildman–Crippen MR) is 58.1 cm³/mol. The maximum absolute atomic E-state index is 13.4. The van der Waals surface area contributed by atoms with Crippen LogP contribution in [0.25, 0.3) is 11.4 Å². The molecular formula is C11H10FN3O. The topological polar surface area (TPSA) is 71.8 Å². The maximum Gasteiger partial charge on any atom is 0.255 e. The van der Waals surface area contributed by atoms with Gasteiger partial charge in [0.25, 0.3) is 5.56 Å². The van der Waals surface area contributed by atoms with Gasteiger partial charge in [-0.05, 0) is 12.1 Å². The van der Waals surface area contributed by atoms with Crippen molar-refractivity contribution in [3.63, 3.8) is 0 Å². The monoisotopic (exact) mass is 219 g/mol. The minimum absolute atomic E-state index is 0.111. The van der Waals surface area contributed by atoms with E-state index in [2.05, 4.69) is 9.97 Å². The molecule has 1 aromatic carbocycles. The number of aromatic amines is 1. The van der Waals surface area contributed by atoms with Crippen LogP contribution in [-0.2, 0) is 6.54 Å². The Morgan fingerprint density at radius 3 is 2.75 bits per heavy atom. The second-order valence-electron chi connectivity index (χ2n) is 3.27. The molecular weight excluding hydrogens is 209 g/mol. The van der Waals surface area contributed by atoms with Gasteiger partial charge in [-0.2, -0.15) is 0 Å². The second kappa shape index (κ2) is 4.24. The molecule has 3 N–H and O–H groups in total. The Kier molecular flexibility index (Phi) is 2.78. The van der Waals surface area contributed by atoms with Crippen LogP contribution in [0.3, 0.4) is 0 Å². The van der Waals surface area contributed by atoms with Gasteiger partial charge < -0.3 is 10.7 Å². The van der Waals surface area contributed by atoms with Crippen LogP contribution in [0.5, 0.6) is 0 Å². The molecule has 0 spiro atoms. The Hall–Kier alpha value is -2.01. The summed E-state index contributed by atoms with van der Waals surface area (Å²) in [4.78, 5) is 17.9. The summed E-state index contributed by atoms with van der Waals surface area (Å²) in [5.74, 6) is -0.216. The van der Waals surface area contributed by atoms with Crippen LogP contribution < -0.4 is 11.3 Å². The highest BCUT2D eigenvalue weighted by atomic mass is 19.1. The standard InChI is InChI=1S/C11H10FN3O/c12-9-4-2-1-3-8(9)10-14-6-7(5-13)11(16)15-10/h1-4,6H,5,13H2,(H,14,15,16). The number of benzene rings is 1. The van der Waals surface area contributed by atoms with Gasteiger partial charge in [0, 0.05) is 18.3 Å². The molecule has 5 heteroatoms. The van der Waals surface area contributed by atoms with Gasteiger partial charge in [0.05, 0.1) is 5.56 Å². The smallest absolute Gasteiger partial charge is 0.255 e. The number of hydrogen-bond acceptors (Lipinski definition) is 3. The van der Waals surface area contributed by atoms with Gasteiger partial charge in [0.15, 0.2) is 0 Å². The van der Waals surface area contributed by atoms with Crippen molar-refractivity contribution in [3.8, 4) is 11.4 Å². The SMILES string of the molecule is NCc1cnc(-c2ccccc2F)[nH]c1=O. The predicted octanol–water partition coefficient (Wildman–Crippen LogP) is 1.03. The summed E-state index contributed by atoms with van der Waals surface area (Å²) in [6.45, 7) is 0.111. The van der Waals surface area contributed by atoms with Gasteiger partial charge in [-0.1, -0.05) is 12.1 Å². The van der Waals surface area contributed by atoms with Crippen molar-refractivity contribution in [2.75, 3.05) is 0 Å². The molecule has 0 aliphatic rings. The first-order valence-electron chi connectivity index (χ1n) is 4.75. The highest BCUT2D eigenvalue weighted by Gasteiger charge is 2.07. The summed E-state index contributed by atoms with van der Waals surface area (Å²) in [5, 5.41) is 0. The van der Waals surface area contributed by atoms with Gasteiger partial charge in [-0.25, -0.2) is 9.37 Å². The lowest BCUT2D eigenvalue weighted by Crippen LogP contribution is -2.17. The molecule has 4 nitrogen and oxygen atoms in total. The van der Waals surface area contributed by atoms with Crippen molar-refractivity contribution in [2.24, 2.45) is 5.73 Å². The Bertz CT molecular complexity index is 565. The minimum Gasteiger partial charge on any atom is -0.326 e. The Balaban J connectivity index is 2.54. The number of nitrogens with zero attached hydrogens (tertiary/aromatic N) is 1. The fourth-order valence-corrected chi connectivity index (χ4v) is 1.36. The fourth-order valence-electron chi connectivity index (χ4n) is 1.36. The fraction of sp³-hybridized carbons (Fsp3) is 0.0909. The van der Waals surface area contributed by atoms with Crippen molar-refractivity contribution in [2.45, 2.75) is 6.54 Å². The molecule has 0 aliphatic heterocycles. The first-order valence-corrected chi connectivity index (χ1v) is 4.75. The molecule has 0 bridgehead atoms. The van der Waals surface area contributed by atoms with E-state index in [4.69, 9.17) is 5.73 Å². The van der Waals surface area contributed by atoms with Crippen molar-refractivity contribution in [1.29, 1.82) is 0 Å². The number of aromatic nitrogens is 2. The molecule has 0 fully saturated rings. The molecule has 0 saturated heterocycles. The molecule has 0 atom stereocenters. The first-order chi connectivity index (χ1) is 7.72.